The summed E-state index contributed by atoms with van der Waals surface area (Å²) in [5.41, 5.74) is 4.20. The van der Waals surface area contributed by atoms with Crippen LogP contribution in [0.1, 0.15) is 50.4 Å². The Morgan fingerprint density at radius 1 is 1.43 bits per heavy atom. The van der Waals surface area contributed by atoms with Crippen LogP contribution < -0.4 is 5.43 Å². The van der Waals surface area contributed by atoms with Crippen molar-refractivity contribution in [2.24, 2.45) is 11.0 Å². The fraction of sp³-hybridized carbons (Fsp3) is 0.412. The van der Waals surface area contributed by atoms with Crippen LogP contribution in [0.5, 0.6) is 5.75 Å². The number of nitrogens with one attached hydrogen (secondary N) is 1. The molecule has 2 N–H and O–H groups in total. The zero-order valence-electron chi connectivity index (χ0n) is 13.0. The zero-order chi connectivity index (χ0) is 15.7. The SMILES string of the molecule is CC(C)=CCC[C@H](C)C/C=N\NC(=O)c1cccc(O)c1. The first-order valence-electron chi connectivity index (χ1n) is 7.23. The van der Waals surface area contributed by atoms with Crippen molar-refractivity contribution in [3.63, 3.8) is 0 Å². The Morgan fingerprint density at radius 2 is 2.19 bits per heavy atom. The van der Waals surface area contributed by atoms with Gasteiger partial charge in [-0.05, 0) is 57.2 Å². The third-order valence-electron chi connectivity index (χ3n) is 3.09. The van der Waals surface area contributed by atoms with Crippen molar-refractivity contribution in [2.45, 2.75) is 40.0 Å². The van der Waals surface area contributed by atoms with E-state index in [4.69, 9.17) is 0 Å². The lowest BCUT2D eigenvalue weighted by atomic mass is 10.0. The van der Waals surface area contributed by atoms with Crippen LogP contribution >= 0.6 is 0 Å². The molecule has 0 saturated heterocycles. The van der Waals surface area contributed by atoms with Crippen molar-refractivity contribution in [2.75, 3.05) is 0 Å². The lowest BCUT2D eigenvalue weighted by molar-refractivity contribution is 0.0954. The third kappa shape index (κ3) is 7.30. The molecule has 1 rings (SSSR count). The lowest BCUT2D eigenvalue weighted by Gasteiger charge is -2.06. The second-order valence-corrected chi connectivity index (χ2v) is 5.50. The molecule has 0 saturated carbocycles. The van der Waals surface area contributed by atoms with Crippen LogP contribution in [0.4, 0.5) is 0 Å². The van der Waals surface area contributed by atoms with Crippen molar-refractivity contribution in [3.8, 4) is 5.75 Å². The summed E-state index contributed by atoms with van der Waals surface area (Å²) >= 11 is 0. The predicted molar refractivity (Wildman–Crippen MR) is 86.5 cm³/mol. The van der Waals surface area contributed by atoms with Gasteiger partial charge in [0.25, 0.3) is 5.91 Å². The van der Waals surface area contributed by atoms with Crippen molar-refractivity contribution < 1.29 is 9.90 Å². The van der Waals surface area contributed by atoms with Gasteiger partial charge in [0.1, 0.15) is 5.75 Å². The number of carbonyl (C=O) groups excluding carboxylic acids is 1. The van der Waals surface area contributed by atoms with E-state index in [0.29, 0.717) is 11.5 Å². The maximum atomic E-state index is 11.7. The zero-order valence-corrected chi connectivity index (χ0v) is 13.0. The van der Waals surface area contributed by atoms with Crippen molar-refractivity contribution in [1.82, 2.24) is 5.43 Å². The first-order chi connectivity index (χ1) is 9.99. The number of allylic oxidation sites excluding steroid dienone is 2. The number of phenolic OH excluding ortho intramolecular Hbond substituents is 1. The average molecular weight is 288 g/mol. The molecular weight excluding hydrogens is 264 g/mol. The van der Waals surface area contributed by atoms with Crippen LogP contribution in [0.15, 0.2) is 41.0 Å². The highest BCUT2D eigenvalue weighted by molar-refractivity contribution is 5.94. The number of benzene rings is 1. The molecule has 0 aliphatic heterocycles. The molecule has 1 aromatic carbocycles. The molecular formula is C17H24N2O2. The van der Waals surface area contributed by atoms with Crippen LogP contribution in [0.3, 0.4) is 0 Å². The summed E-state index contributed by atoms with van der Waals surface area (Å²) in [4.78, 5) is 11.7. The topological polar surface area (TPSA) is 61.7 Å². The molecule has 4 heteroatoms. The van der Waals surface area contributed by atoms with E-state index < -0.39 is 0 Å². The molecule has 0 aliphatic carbocycles. The van der Waals surface area contributed by atoms with Gasteiger partial charge in [-0.2, -0.15) is 5.10 Å². The molecule has 0 heterocycles. The van der Waals surface area contributed by atoms with Gasteiger partial charge in [0, 0.05) is 11.8 Å². The number of hydrazone groups is 1. The van der Waals surface area contributed by atoms with Crippen LogP contribution in [-0.4, -0.2) is 17.2 Å². The Labute approximate surface area is 126 Å². The molecule has 0 radical (unpaired) electrons. The standard InChI is InChI=1S/C17H24N2O2/c1-13(2)6-4-7-14(3)10-11-18-19-17(21)15-8-5-9-16(20)12-15/h5-6,8-9,11-12,14,20H,4,7,10H2,1-3H3,(H,19,21)/b18-11-/t14-/m0/s1. The number of amides is 1. The maximum Gasteiger partial charge on any atom is 0.271 e. The minimum absolute atomic E-state index is 0.0690. The summed E-state index contributed by atoms with van der Waals surface area (Å²) in [6.45, 7) is 6.37. The summed E-state index contributed by atoms with van der Waals surface area (Å²) < 4.78 is 0. The predicted octanol–water partition coefficient (Wildman–Crippen LogP) is 3.88. The van der Waals surface area contributed by atoms with Crippen molar-refractivity contribution >= 4 is 12.1 Å². The third-order valence-corrected chi connectivity index (χ3v) is 3.09. The molecule has 0 fully saturated rings. The Hall–Kier alpha value is -2.10. The molecule has 0 bridgehead atoms. The van der Waals surface area contributed by atoms with E-state index in [2.05, 4.69) is 37.4 Å². The first-order valence-corrected chi connectivity index (χ1v) is 7.23. The highest BCUT2D eigenvalue weighted by Gasteiger charge is 2.04. The second-order valence-electron chi connectivity index (χ2n) is 5.50. The minimum Gasteiger partial charge on any atom is -0.508 e. The van der Waals surface area contributed by atoms with Gasteiger partial charge in [-0.15, -0.1) is 0 Å². The van der Waals surface area contributed by atoms with Crippen LogP contribution in [0.25, 0.3) is 0 Å². The number of aromatic hydroxyl groups is 1. The van der Waals surface area contributed by atoms with Crippen LogP contribution in [-0.2, 0) is 0 Å². The average Bonchev–Trinajstić information content (AvgIpc) is 2.43. The van der Waals surface area contributed by atoms with Gasteiger partial charge < -0.3 is 5.11 Å². The summed E-state index contributed by atoms with van der Waals surface area (Å²) in [5, 5.41) is 13.2. The fourth-order valence-corrected chi connectivity index (χ4v) is 1.82. The smallest absolute Gasteiger partial charge is 0.271 e. The van der Waals surface area contributed by atoms with E-state index in [9.17, 15) is 9.90 Å². The molecule has 21 heavy (non-hydrogen) atoms. The Morgan fingerprint density at radius 3 is 2.86 bits per heavy atom. The molecule has 4 nitrogen and oxygen atoms in total. The number of carbonyl (C=O) groups is 1. The van der Waals surface area contributed by atoms with E-state index in [-0.39, 0.29) is 11.7 Å². The van der Waals surface area contributed by atoms with Crippen LogP contribution in [0, 0.1) is 5.92 Å². The Kier molecular flexibility index (Phi) is 7.23. The van der Waals surface area contributed by atoms with E-state index in [1.165, 1.54) is 17.7 Å². The van der Waals surface area contributed by atoms with Gasteiger partial charge >= 0.3 is 0 Å². The summed E-state index contributed by atoms with van der Waals surface area (Å²) in [6.07, 6.45) is 6.98. The largest absolute Gasteiger partial charge is 0.508 e. The normalized spacial score (nSPS) is 12.1. The van der Waals surface area contributed by atoms with Gasteiger partial charge in [-0.3, -0.25) is 4.79 Å². The lowest BCUT2D eigenvalue weighted by Crippen LogP contribution is -2.17. The summed E-state index contributed by atoms with van der Waals surface area (Å²) in [7, 11) is 0. The molecule has 0 aromatic heterocycles. The van der Waals surface area contributed by atoms with Gasteiger partial charge in [0.15, 0.2) is 0 Å². The molecule has 1 atom stereocenters. The number of rotatable bonds is 7. The highest BCUT2D eigenvalue weighted by atomic mass is 16.3. The van der Waals surface area contributed by atoms with E-state index in [1.54, 1.807) is 18.3 Å². The van der Waals surface area contributed by atoms with Gasteiger partial charge in [-0.25, -0.2) is 5.43 Å². The van der Waals surface area contributed by atoms with Crippen molar-refractivity contribution in [3.05, 3.63) is 41.5 Å². The van der Waals surface area contributed by atoms with Gasteiger partial charge in [-0.1, -0.05) is 24.6 Å². The van der Waals surface area contributed by atoms with Gasteiger partial charge in [0.05, 0.1) is 0 Å². The molecule has 1 amide bonds. The highest BCUT2D eigenvalue weighted by Crippen LogP contribution is 2.11. The summed E-state index contributed by atoms with van der Waals surface area (Å²) in [5.74, 6) is 0.279. The minimum atomic E-state index is -0.320. The molecule has 114 valence electrons. The monoisotopic (exact) mass is 288 g/mol. The van der Waals surface area contributed by atoms with Crippen molar-refractivity contribution in [1.29, 1.82) is 0 Å². The molecule has 0 spiro atoms. The molecule has 0 unspecified atom stereocenters. The number of hydrogen-bond acceptors (Lipinski definition) is 3. The number of phenols is 1. The second kappa shape index (κ2) is 8.95. The van der Waals surface area contributed by atoms with E-state index in [0.717, 1.165) is 19.3 Å². The maximum absolute atomic E-state index is 11.7. The Bertz CT molecular complexity index is 517. The quantitative estimate of drug-likeness (QED) is 0.454. The first kappa shape index (κ1) is 17.0. The molecule has 0 aliphatic rings. The molecule has 1 aromatic rings. The van der Waals surface area contributed by atoms with Crippen LogP contribution in [0.2, 0.25) is 0 Å². The number of nitrogens with zero attached hydrogens (tertiary/aromatic N) is 1. The fourth-order valence-electron chi connectivity index (χ4n) is 1.82. The van der Waals surface area contributed by atoms with E-state index in [1.807, 2.05) is 0 Å². The van der Waals surface area contributed by atoms with E-state index >= 15 is 0 Å². The number of hydrogen-bond donors (Lipinski definition) is 2. The van der Waals surface area contributed by atoms with Gasteiger partial charge in [0.2, 0.25) is 0 Å². The summed E-state index contributed by atoms with van der Waals surface area (Å²) in [6, 6.07) is 6.19. The Balaban J connectivity index is 2.31.